The fourth-order valence-electron chi connectivity index (χ4n) is 4.10. The second kappa shape index (κ2) is 6.76. The van der Waals surface area contributed by atoms with Gasteiger partial charge in [-0.2, -0.15) is 9.78 Å². The number of aliphatic hydroxyl groups is 3. The lowest BCUT2D eigenvalue weighted by Gasteiger charge is -2.26. The molecule has 1 saturated carbocycles. The van der Waals surface area contributed by atoms with E-state index in [4.69, 9.17) is 9.84 Å². The van der Waals surface area contributed by atoms with Gasteiger partial charge in [-0.05, 0) is 32.1 Å². The van der Waals surface area contributed by atoms with Gasteiger partial charge in [0, 0.05) is 13.1 Å². The monoisotopic (exact) mass is 392 g/mol. The zero-order valence-electron chi connectivity index (χ0n) is 15.4. The molecule has 11 heteroatoms. The van der Waals surface area contributed by atoms with E-state index >= 15 is 0 Å². The molecule has 4 heterocycles. The molecule has 4 atom stereocenters. The van der Waals surface area contributed by atoms with Gasteiger partial charge in [-0.1, -0.05) is 5.21 Å². The van der Waals surface area contributed by atoms with Crippen LogP contribution in [0.25, 0.3) is 11.0 Å². The molecule has 2 aromatic rings. The molecule has 1 aliphatic carbocycles. The number of piperidine rings is 1. The molecule has 0 bridgehead atoms. The number of anilines is 1. The summed E-state index contributed by atoms with van der Waals surface area (Å²) in [6.07, 6.45) is 0.339. The van der Waals surface area contributed by atoms with Gasteiger partial charge in [-0.3, -0.25) is 9.48 Å². The van der Waals surface area contributed by atoms with Crippen LogP contribution in [-0.2, 0) is 4.74 Å². The largest absolute Gasteiger partial charge is 0.394 e. The average Bonchev–Trinajstić information content (AvgIpc) is 3.43. The van der Waals surface area contributed by atoms with Crippen LogP contribution in [0.1, 0.15) is 44.4 Å². The highest BCUT2D eigenvalue weighted by Gasteiger charge is 2.45. The molecule has 3 N–H and O–H groups in total. The first-order chi connectivity index (χ1) is 13.6. The zero-order valence-corrected chi connectivity index (χ0v) is 15.4. The molecule has 0 amide bonds. The summed E-state index contributed by atoms with van der Waals surface area (Å²) in [6, 6.07) is 0.164. The van der Waals surface area contributed by atoms with Gasteiger partial charge < -0.3 is 25.0 Å². The Hall–Kier alpha value is -2.08. The second-order valence-corrected chi connectivity index (χ2v) is 7.81. The lowest BCUT2D eigenvalue weighted by Crippen LogP contribution is -2.37. The predicted molar refractivity (Wildman–Crippen MR) is 96.9 cm³/mol. The standard InChI is InChI=1S/C17H24N6O5/c24-8-10-13(25)14(26)17(28-10)23-16(27)12-11(18-20-23)15(19-22(12)9-4-5-9)21-6-2-1-3-7-21/h9-10,13-14,17,24-26H,1-8H2. The van der Waals surface area contributed by atoms with Crippen molar-refractivity contribution < 1.29 is 20.1 Å². The van der Waals surface area contributed by atoms with E-state index in [1.54, 1.807) is 4.68 Å². The van der Waals surface area contributed by atoms with Gasteiger partial charge in [0.15, 0.2) is 23.1 Å². The third-order valence-electron chi connectivity index (χ3n) is 5.83. The minimum Gasteiger partial charge on any atom is -0.394 e. The number of nitrogens with zero attached hydrogens (tertiary/aromatic N) is 6. The number of fused-ring (bicyclic) bond motifs is 1. The predicted octanol–water partition coefficient (Wildman–Crippen LogP) is -1.08. The molecule has 2 saturated heterocycles. The van der Waals surface area contributed by atoms with Gasteiger partial charge in [0.2, 0.25) is 0 Å². The SMILES string of the molecule is O=c1c2c(nnn1C1OC(CO)C(O)C1O)c(N1CCCCC1)nn2C1CC1. The van der Waals surface area contributed by atoms with Crippen LogP contribution in [-0.4, -0.2) is 78.1 Å². The summed E-state index contributed by atoms with van der Waals surface area (Å²) in [5, 5.41) is 42.5. The van der Waals surface area contributed by atoms with Crippen molar-refractivity contribution in [3.8, 4) is 0 Å². The Morgan fingerprint density at radius 2 is 1.82 bits per heavy atom. The van der Waals surface area contributed by atoms with Crippen molar-refractivity contribution in [2.75, 3.05) is 24.6 Å². The van der Waals surface area contributed by atoms with E-state index in [9.17, 15) is 20.1 Å². The smallest absolute Gasteiger partial charge is 0.298 e. The Morgan fingerprint density at radius 3 is 2.46 bits per heavy atom. The second-order valence-electron chi connectivity index (χ2n) is 7.81. The Bertz CT molecular complexity index is 934. The van der Waals surface area contributed by atoms with Crippen molar-refractivity contribution in [1.82, 2.24) is 24.8 Å². The molecular formula is C17H24N6O5. The van der Waals surface area contributed by atoms with Gasteiger partial charge in [0.05, 0.1) is 12.6 Å². The number of ether oxygens (including phenoxy) is 1. The van der Waals surface area contributed by atoms with Crippen LogP contribution in [0.4, 0.5) is 5.82 Å². The Labute approximate surface area is 160 Å². The van der Waals surface area contributed by atoms with Crippen LogP contribution >= 0.6 is 0 Å². The summed E-state index contributed by atoms with van der Waals surface area (Å²) in [5.74, 6) is 0.680. The van der Waals surface area contributed by atoms with Crippen molar-refractivity contribution in [3.05, 3.63) is 10.4 Å². The van der Waals surface area contributed by atoms with Gasteiger partial charge in [0.25, 0.3) is 5.56 Å². The average molecular weight is 392 g/mol. The molecule has 5 rings (SSSR count). The fraction of sp³-hybridized carbons (Fsp3) is 0.765. The van der Waals surface area contributed by atoms with Crippen LogP contribution in [0.3, 0.4) is 0 Å². The van der Waals surface area contributed by atoms with Crippen LogP contribution in [0.15, 0.2) is 4.79 Å². The molecule has 28 heavy (non-hydrogen) atoms. The fourth-order valence-corrected chi connectivity index (χ4v) is 4.10. The maximum Gasteiger partial charge on any atom is 0.298 e. The Morgan fingerprint density at radius 1 is 1.07 bits per heavy atom. The van der Waals surface area contributed by atoms with Gasteiger partial charge in [0.1, 0.15) is 18.3 Å². The number of aromatic nitrogens is 5. The first kappa shape index (κ1) is 18.0. The molecular weight excluding hydrogens is 368 g/mol. The van der Waals surface area contributed by atoms with E-state index < -0.39 is 36.7 Å². The van der Waals surface area contributed by atoms with Crippen LogP contribution in [0.2, 0.25) is 0 Å². The molecule has 152 valence electrons. The van der Waals surface area contributed by atoms with E-state index in [1.165, 1.54) is 6.42 Å². The van der Waals surface area contributed by atoms with Gasteiger partial charge in [-0.15, -0.1) is 5.10 Å². The van der Waals surface area contributed by atoms with E-state index in [0.29, 0.717) is 16.9 Å². The number of rotatable bonds is 4. The molecule has 3 aliphatic rings. The lowest BCUT2D eigenvalue weighted by atomic mass is 10.1. The number of hydrogen-bond acceptors (Lipinski definition) is 9. The molecule has 11 nitrogen and oxygen atoms in total. The van der Waals surface area contributed by atoms with Crippen molar-refractivity contribution in [3.63, 3.8) is 0 Å². The highest BCUT2D eigenvalue weighted by atomic mass is 16.6. The normalized spacial score (nSPS) is 31.0. The third-order valence-corrected chi connectivity index (χ3v) is 5.83. The lowest BCUT2D eigenvalue weighted by molar-refractivity contribution is -0.0619. The zero-order chi connectivity index (χ0) is 19.4. The quantitative estimate of drug-likeness (QED) is 0.593. The third kappa shape index (κ3) is 2.72. The first-order valence-corrected chi connectivity index (χ1v) is 9.85. The van der Waals surface area contributed by atoms with Crippen molar-refractivity contribution in [2.45, 2.75) is 62.7 Å². The van der Waals surface area contributed by atoms with Crippen LogP contribution in [0, 0.1) is 0 Å². The minimum absolute atomic E-state index is 0.164. The van der Waals surface area contributed by atoms with E-state index in [-0.39, 0.29) is 6.04 Å². The maximum absolute atomic E-state index is 13.3. The summed E-state index contributed by atoms with van der Waals surface area (Å²) < 4.78 is 8.14. The number of hydrogen-bond donors (Lipinski definition) is 3. The highest BCUT2D eigenvalue weighted by molar-refractivity contribution is 5.86. The molecule has 3 fully saturated rings. The topological polar surface area (TPSA) is 139 Å². The van der Waals surface area contributed by atoms with Crippen molar-refractivity contribution >= 4 is 16.9 Å². The molecule has 2 aromatic heterocycles. The van der Waals surface area contributed by atoms with Crippen molar-refractivity contribution in [2.24, 2.45) is 0 Å². The van der Waals surface area contributed by atoms with Crippen LogP contribution in [0.5, 0.6) is 0 Å². The Balaban J connectivity index is 1.61. The van der Waals surface area contributed by atoms with E-state index in [2.05, 4.69) is 15.2 Å². The molecule has 2 aliphatic heterocycles. The van der Waals surface area contributed by atoms with Gasteiger partial charge >= 0.3 is 0 Å². The van der Waals surface area contributed by atoms with E-state index in [0.717, 1.165) is 43.5 Å². The molecule has 0 radical (unpaired) electrons. The Kier molecular flexibility index (Phi) is 4.34. The van der Waals surface area contributed by atoms with Crippen molar-refractivity contribution in [1.29, 1.82) is 0 Å². The molecule has 0 aromatic carbocycles. The summed E-state index contributed by atoms with van der Waals surface area (Å²) in [7, 11) is 0. The summed E-state index contributed by atoms with van der Waals surface area (Å²) in [6.45, 7) is 1.27. The number of aliphatic hydroxyl groups excluding tert-OH is 3. The first-order valence-electron chi connectivity index (χ1n) is 9.85. The summed E-state index contributed by atoms with van der Waals surface area (Å²) in [4.78, 5) is 15.4. The summed E-state index contributed by atoms with van der Waals surface area (Å²) in [5.41, 5.74) is 0.333. The molecule has 0 spiro atoms. The molecule has 4 unspecified atom stereocenters. The van der Waals surface area contributed by atoms with E-state index in [1.807, 2.05) is 0 Å². The van der Waals surface area contributed by atoms with Gasteiger partial charge in [-0.25, -0.2) is 0 Å². The highest BCUT2D eigenvalue weighted by Crippen LogP contribution is 2.38. The maximum atomic E-state index is 13.3. The van der Waals surface area contributed by atoms with Crippen LogP contribution < -0.4 is 10.5 Å². The summed E-state index contributed by atoms with van der Waals surface area (Å²) >= 11 is 0. The minimum atomic E-state index is -1.39.